The molecule has 2 aromatic heterocycles. The van der Waals surface area contributed by atoms with E-state index in [1.165, 1.54) is 6.33 Å². The fourth-order valence-corrected chi connectivity index (χ4v) is 10.9. The van der Waals surface area contributed by atoms with E-state index in [9.17, 15) is 5.53 Å². The van der Waals surface area contributed by atoms with Crippen molar-refractivity contribution in [2.45, 2.75) is 102 Å². The van der Waals surface area contributed by atoms with E-state index in [-0.39, 0.29) is 24.4 Å². The lowest BCUT2D eigenvalue weighted by molar-refractivity contribution is -0.0271. The molecule has 0 unspecified atom stereocenters. The van der Waals surface area contributed by atoms with Crippen LogP contribution in [-0.2, 0) is 13.6 Å². The first-order chi connectivity index (χ1) is 17.3. The lowest BCUT2D eigenvalue weighted by atomic mass is 10.1. The number of nitrogens with zero attached hydrogens (tertiary/aromatic N) is 7. The van der Waals surface area contributed by atoms with Crippen LogP contribution in [0.2, 0.25) is 36.3 Å². The fraction of sp³-hybridized carbons (Fsp3) is 0.773. The number of hydrogen-bond acceptors (Lipinski definition) is 9. The van der Waals surface area contributed by atoms with Gasteiger partial charge < -0.3 is 25.1 Å². The molecule has 0 aromatic carbocycles. The van der Waals surface area contributed by atoms with Crippen molar-refractivity contribution in [1.82, 2.24) is 19.5 Å². The standard InChI is InChI=1S/C22H41N9O3Si2/c1-7-35(8-2,9-3)33-17-15(13-23)32-21(18(17)34-36(10-4,11-5)12-6)31-20-16(19(24)26-14-27-20)28-22(31)29-30-25/h14-15,17-18,21H,7-13,23H2,1-6H3,(H2,24,26,27)/t15-,17-,18-,21-/m1/s1. The average molecular weight is 536 g/mol. The van der Waals surface area contributed by atoms with E-state index in [1.807, 2.05) is 0 Å². The molecule has 14 heteroatoms. The normalized spacial score (nSPS) is 22.8. The smallest absolute Gasteiger partial charge is 0.201 e. The summed E-state index contributed by atoms with van der Waals surface area (Å²) in [7, 11) is -4.17. The van der Waals surface area contributed by atoms with E-state index in [2.05, 4.69) is 66.5 Å². The highest BCUT2D eigenvalue weighted by Crippen LogP contribution is 2.43. The fourth-order valence-electron chi connectivity index (χ4n) is 5.21. The van der Waals surface area contributed by atoms with Gasteiger partial charge in [0.25, 0.3) is 0 Å². The molecular formula is C22H41N9O3Si2. The van der Waals surface area contributed by atoms with Gasteiger partial charge in [0.2, 0.25) is 5.95 Å². The van der Waals surface area contributed by atoms with Crippen molar-refractivity contribution in [1.29, 1.82) is 0 Å². The molecule has 1 saturated heterocycles. The van der Waals surface area contributed by atoms with E-state index in [0.29, 0.717) is 11.2 Å². The van der Waals surface area contributed by atoms with Crippen LogP contribution in [0.4, 0.5) is 11.8 Å². The molecule has 3 rings (SSSR count). The number of nitrogens with two attached hydrogens (primary N) is 2. The highest BCUT2D eigenvalue weighted by molar-refractivity contribution is 6.74. The molecular weight excluding hydrogens is 494 g/mol. The van der Waals surface area contributed by atoms with Crippen LogP contribution in [0, 0.1) is 0 Å². The first-order valence-corrected chi connectivity index (χ1v) is 18.1. The molecule has 1 aliphatic rings. The molecule has 200 valence electrons. The minimum absolute atomic E-state index is 0.0940. The largest absolute Gasteiger partial charge is 0.408 e. The summed E-state index contributed by atoms with van der Waals surface area (Å²) in [5.41, 5.74) is 22.4. The van der Waals surface area contributed by atoms with Crippen LogP contribution >= 0.6 is 0 Å². The van der Waals surface area contributed by atoms with Gasteiger partial charge in [0.1, 0.15) is 18.5 Å². The Balaban J connectivity index is 2.22. The van der Waals surface area contributed by atoms with Gasteiger partial charge in [0.15, 0.2) is 39.8 Å². The minimum atomic E-state index is -2.12. The van der Waals surface area contributed by atoms with Gasteiger partial charge in [-0.1, -0.05) is 41.5 Å². The van der Waals surface area contributed by atoms with Crippen LogP contribution in [0.5, 0.6) is 0 Å². The number of aromatic nitrogens is 4. The van der Waals surface area contributed by atoms with Crippen LogP contribution in [0.25, 0.3) is 21.6 Å². The Morgan fingerprint density at radius 1 is 1.00 bits per heavy atom. The number of anilines is 1. The highest BCUT2D eigenvalue weighted by Gasteiger charge is 2.52. The maximum Gasteiger partial charge on any atom is 0.201 e. The molecule has 2 aromatic rings. The Morgan fingerprint density at radius 2 is 1.56 bits per heavy atom. The van der Waals surface area contributed by atoms with Gasteiger partial charge in [-0.2, -0.15) is 0 Å². The van der Waals surface area contributed by atoms with Crippen LogP contribution in [0.3, 0.4) is 0 Å². The van der Waals surface area contributed by atoms with Crippen molar-refractivity contribution in [3.8, 4) is 0 Å². The molecule has 0 saturated carbocycles. The topological polar surface area (TPSA) is 172 Å². The molecule has 36 heavy (non-hydrogen) atoms. The summed E-state index contributed by atoms with van der Waals surface area (Å²) in [6.07, 6.45) is -0.565. The molecule has 1 aliphatic heterocycles. The summed E-state index contributed by atoms with van der Waals surface area (Å²) in [5.74, 6) is 0.289. The third-order valence-electron chi connectivity index (χ3n) is 8.03. The SMILES string of the molecule is CC[Si](CC)(CC)O[C@@H]1[C@H](O[Si](CC)(CC)CC)[C@@H](CN)O[C@H]1n1c(N=[N+]=[N-])nc2c(N)ncnc21. The average Bonchev–Trinajstić information content (AvgIpc) is 3.43. The molecule has 0 amide bonds. The van der Waals surface area contributed by atoms with Gasteiger partial charge in [-0.15, -0.1) is 0 Å². The third-order valence-corrected chi connectivity index (χ3v) is 17.3. The number of ether oxygens (including phenoxy) is 1. The van der Waals surface area contributed by atoms with E-state index < -0.39 is 35.1 Å². The summed E-state index contributed by atoms with van der Waals surface area (Å²) in [4.78, 5) is 15.9. The zero-order valence-electron chi connectivity index (χ0n) is 22.3. The summed E-state index contributed by atoms with van der Waals surface area (Å²) in [6, 6.07) is 5.86. The van der Waals surface area contributed by atoms with Crippen molar-refractivity contribution >= 4 is 39.6 Å². The molecule has 1 fully saturated rings. The van der Waals surface area contributed by atoms with Crippen LogP contribution < -0.4 is 11.5 Å². The molecule has 3 heterocycles. The first kappa shape index (κ1) is 28.5. The molecule has 12 nitrogen and oxygen atoms in total. The Morgan fingerprint density at radius 3 is 2.06 bits per heavy atom. The van der Waals surface area contributed by atoms with Crippen molar-refractivity contribution in [3.05, 3.63) is 16.8 Å². The van der Waals surface area contributed by atoms with E-state index in [0.717, 1.165) is 36.3 Å². The summed E-state index contributed by atoms with van der Waals surface area (Å²) in [6.45, 7) is 13.4. The van der Waals surface area contributed by atoms with Gasteiger partial charge in [-0.25, -0.2) is 15.0 Å². The van der Waals surface area contributed by atoms with Gasteiger partial charge in [0, 0.05) is 11.5 Å². The Kier molecular flexibility index (Phi) is 9.49. The molecule has 0 spiro atoms. The Bertz CT molecular complexity index is 1050. The number of azide groups is 1. The second-order valence-electron chi connectivity index (χ2n) is 9.36. The summed E-state index contributed by atoms with van der Waals surface area (Å²) < 4.78 is 22.4. The van der Waals surface area contributed by atoms with Crippen molar-refractivity contribution in [2.75, 3.05) is 12.3 Å². The minimum Gasteiger partial charge on any atom is -0.408 e. The highest BCUT2D eigenvalue weighted by atomic mass is 28.4. The summed E-state index contributed by atoms with van der Waals surface area (Å²) in [5, 5.41) is 3.84. The first-order valence-electron chi connectivity index (χ1n) is 13.1. The number of rotatable bonds is 13. The van der Waals surface area contributed by atoms with Gasteiger partial charge in [0.05, 0.1) is 6.10 Å². The number of nitrogen functional groups attached to an aromatic ring is 1. The van der Waals surface area contributed by atoms with Gasteiger partial charge in [-0.3, -0.25) is 4.57 Å². The molecule has 0 aliphatic carbocycles. The van der Waals surface area contributed by atoms with Crippen molar-refractivity contribution in [3.63, 3.8) is 0 Å². The van der Waals surface area contributed by atoms with E-state index in [1.54, 1.807) is 4.57 Å². The Hall–Kier alpha value is -2.07. The van der Waals surface area contributed by atoms with Crippen molar-refractivity contribution in [2.24, 2.45) is 10.8 Å². The molecule has 4 N–H and O–H groups in total. The van der Waals surface area contributed by atoms with Gasteiger partial charge >= 0.3 is 0 Å². The lowest BCUT2D eigenvalue weighted by Crippen LogP contribution is -2.52. The molecule has 4 atom stereocenters. The maximum absolute atomic E-state index is 9.28. The lowest BCUT2D eigenvalue weighted by Gasteiger charge is -2.39. The second kappa shape index (κ2) is 12.0. The number of imidazole rings is 1. The predicted molar refractivity (Wildman–Crippen MR) is 146 cm³/mol. The van der Waals surface area contributed by atoms with Crippen molar-refractivity contribution < 1.29 is 13.6 Å². The third kappa shape index (κ3) is 5.16. The molecule has 0 radical (unpaired) electrons. The van der Waals surface area contributed by atoms with E-state index >= 15 is 0 Å². The zero-order valence-corrected chi connectivity index (χ0v) is 24.3. The molecule has 0 bridgehead atoms. The summed E-state index contributed by atoms with van der Waals surface area (Å²) >= 11 is 0. The van der Waals surface area contributed by atoms with Crippen LogP contribution in [-0.4, -0.2) is 61.0 Å². The quantitative estimate of drug-likeness (QED) is 0.156. The number of fused-ring (bicyclic) bond motifs is 1. The predicted octanol–water partition coefficient (Wildman–Crippen LogP) is 4.99. The van der Waals surface area contributed by atoms with E-state index in [4.69, 9.17) is 25.1 Å². The van der Waals surface area contributed by atoms with Crippen LogP contribution in [0.15, 0.2) is 11.4 Å². The van der Waals surface area contributed by atoms with Gasteiger partial charge in [-0.05, 0) is 46.9 Å². The number of hydrogen-bond donors (Lipinski definition) is 2. The Labute approximate surface area is 215 Å². The maximum atomic E-state index is 9.28. The van der Waals surface area contributed by atoms with Crippen LogP contribution in [0.1, 0.15) is 47.8 Å². The monoisotopic (exact) mass is 535 g/mol. The zero-order chi connectivity index (χ0) is 26.5. The second-order valence-corrected chi connectivity index (χ2v) is 18.8.